The summed E-state index contributed by atoms with van der Waals surface area (Å²) in [5, 5.41) is 24.2. The van der Waals surface area contributed by atoms with Crippen LogP contribution in [0.25, 0.3) is 0 Å². The van der Waals surface area contributed by atoms with E-state index in [0.717, 1.165) is 0 Å². The molecule has 0 aliphatic carbocycles. The molecule has 0 bridgehead atoms. The van der Waals surface area contributed by atoms with E-state index in [1.165, 1.54) is 6.92 Å². The van der Waals surface area contributed by atoms with Crippen LogP contribution in [0.5, 0.6) is 0 Å². The predicted octanol–water partition coefficient (Wildman–Crippen LogP) is -1.27. The molecule has 1 atom stereocenters. The van der Waals surface area contributed by atoms with Gasteiger partial charge in [-0.15, -0.1) is 0 Å². The third kappa shape index (κ3) is 6.39. The second-order valence-corrected chi connectivity index (χ2v) is 2.93. The maximum Gasteiger partial charge on any atom is 0.478 e. The van der Waals surface area contributed by atoms with Gasteiger partial charge in [0.15, 0.2) is 0 Å². The maximum atomic E-state index is 10.5. The van der Waals surface area contributed by atoms with E-state index in [4.69, 9.17) is 20.2 Å². The van der Waals surface area contributed by atoms with Gasteiger partial charge in [0, 0.05) is 0 Å². The molecular weight excluding hydrogens is 179 g/mol. The van der Waals surface area contributed by atoms with Crippen LogP contribution >= 0.6 is 7.82 Å². The first-order chi connectivity index (χ1) is 4.77. The van der Waals surface area contributed by atoms with Crippen LogP contribution in [-0.4, -0.2) is 33.0 Å². The highest BCUT2D eigenvalue weighted by Crippen LogP contribution is 2.45. The molecule has 0 aromatic rings. The number of aliphatic hydroxyl groups is 3. The average molecular weight is 188 g/mol. The van der Waals surface area contributed by atoms with Gasteiger partial charge >= 0.3 is 14.0 Å². The molecule has 0 aliphatic heterocycles. The minimum Gasteiger partial charge on any atom is -0.319 e. The van der Waals surface area contributed by atoms with Crippen molar-refractivity contribution in [3.8, 4) is 0 Å². The summed E-state index contributed by atoms with van der Waals surface area (Å²) in [5.74, 6) is 0. The normalized spacial score (nSPS) is 17.9. The van der Waals surface area contributed by atoms with Gasteiger partial charge < -0.3 is 20.2 Å². The number of phosphoric acid groups is 1. The zero-order chi connectivity index (χ0) is 9.12. The molecule has 0 aromatic heterocycles. The van der Waals surface area contributed by atoms with Crippen molar-refractivity contribution in [3.05, 3.63) is 0 Å². The minimum absolute atomic E-state index is 0.163. The van der Waals surface area contributed by atoms with Crippen LogP contribution in [0.4, 0.5) is 0 Å². The summed E-state index contributed by atoms with van der Waals surface area (Å²) in [7, 11) is -4.56. The highest BCUT2D eigenvalue weighted by atomic mass is 31.2. The van der Waals surface area contributed by atoms with Gasteiger partial charge in [0.2, 0.25) is 0 Å². The Balaban J connectivity index is 4.03. The highest BCUT2D eigenvalue weighted by Gasteiger charge is 2.33. The molecule has 0 saturated carbocycles. The van der Waals surface area contributed by atoms with Crippen molar-refractivity contribution in [1.29, 1.82) is 0 Å². The predicted molar refractivity (Wildman–Crippen MR) is 31.9 cm³/mol. The van der Waals surface area contributed by atoms with E-state index in [2.05, 4.69) is 9.05 Å². The van der Waals surface area contributed by atoms with E-state index in [0.29, 0.717) is 0 Å². The molecule has 0 amide bonds. The molecule has 68 valence electrons. The van der Waals surface area contributed by atoms with Gasteiger partial charge in [0.25, 0.3) is 0 Å². The van der Waals surface area contributed by atoms with Crippen molar-refractivity contribution < 1.29 is 33.8 Å². The topological polar surface area (TPSA) is 116 Å². The fourth-order valence-electron chi connectivity index (χ4n) is 0.344. The van der Waals surface area contributed by atoms with Crippen LogP contribution in [0.1, 0.15) is 6.92 Å². The number of rotatable bonds is 4. The lowest BCUT2D eigenvalue weighted by atomic mass is 10.9. The van der Waals surface area contributed by atoms with Crippen LogP contribution in [0, 0.1) is 0 Å². The third-order valence-corrected chi connectivity index (χ3v) is 1.59. The fourth-order valence-corrected chi connectivity index (χ4v) is 1.03. The molecule has 0 heterocycles. The summed E-state index contributed by atoms with van der Waals surface area (Å²) >= 11 is 0. The van der Waals surface area contributed by atoms with Gasteiger partial charge in [-0.1, -0.05) is 0 Å². The molecule has 0 radical (unpaired) electrons. The lowest BCUT2D eigenvalue weighted by Gasteiger charge is -2.17. The summed E-state index contributed by atoms with van der Waals surface area (Å²) in [6.45, 7) is 1.23. The second-order valence-electron chi connectivity index (χ2n) is 1.55. The van der Waals surface area contributed by atoms with Crippen LogP contribution in [0.3, 0.4) is 0 Å². The molecule has 0 saturated heterocycles. The molecule has 7 nitrogen and oxygen atoms in total. The molecule has 0 rings (SSSR count). The summed E-state index contributed by atoms with van der Waals surface area (Å²) in [6.07, 6.45) is -3.65. The lowest BCUT2D eigenvalue weighted by Crippen LogP contribution is -2.29. The quantitative estimate of drug-likeness (QED) is 0.321. The van der Waals surface area contributed by atoms with Crippen molar-refractivity contribution in [2.45, 2.75) is 13.1 Å². The van der Waals surface area contributed by atoms with Crippen LogP contribution < -0.4 is 0 Å². The van der Waals surface area contributed by atoms with E-state index >= 15 is 0 Å². The fraction of sp³-hybridized carbons (Fsp3) is 1.00. The first-order valence-electron chi connectivity index (χ1n) is 2.62. The molecular formula is C3H9O7P. The van der Waals surface area contributed by atoms with Crippen molar-refractivity contribution in [2.24, 2.45) is 0 Å². The summed E-state index contributed by atoms with van der Waals surface area (Å²) in [4.78, 5) is 8.48. The van der Waals surface area contributed by atoms with E-state index in [1.807, 2.05) is 0 Å². The lowest BCUT2D eigenvalue weighted by molar-refractivity contribution is -0.424. The SMILES string of the molecule is CCOP(=O)(O)OC(O)(O)O. The Morgan fingerprint density at radius 1 is 1.45 bits per heavy atom. The Bertz CT molecular complexity index is 160. The molecule has 0 aromatic carbocycles. The largest absolute Gasteiger partial charge is 0.478 e. The summed E-state index contributed by atoms with van der Waals surface area (Å²) in [5.41, 5.74) is 0. The van der Waals surface area contributed by atoms with Crippen LogP contribution in [0.2, 0.25) is 0 Å². The molecule has 11 heavy (non-hydrogen) atoms. The van der Waals surface area contributed by atoms with Crippen molar-refractivity contribution in [2.75, 3.05) is 6.61 Å². The third-order valence-electron chi connectivity index (χ3n) is 0.530. The van der Waals surface area contributed by atoms with Crippen LogP contribution in [0.15, 0.2) is 0 Å². The van der Waals surface area contributed by atoms with Gasteiger partial charge in [-0.2, -0.15) is 0 Å². The van der Waals surface area contributed by atoms with Crippen molar-refractivity contribution >= 4 is 7.82 Å². The van der Waals surface area contributed by atoms with Gasteiger partial charge in [-0.3, -0.25) is 4.52 Å². The number of hydrogen-bond donors (Lipinski definition) is 4. The van der Waals surface area contributed by atoms with E-state index in [-0.39, 0.29) is 6.61 Å². The Kier molecular flexibility index (Phi) is 3.59. The molecule has 1 unspecified atom stereocenters. The van der Waals surface area contributed by atoms with Crippen LogP contribution in [-0.2, 0) is 13.6 Å². The smallest absolute Gasteiger partial charge is 0.319 e. The zero-order valence-electron chi connectivity index (χ0n) is 5.67. The molecule has 0 spiro atoms. The Morgan fingerprint density at radius 2 is 1.91 bits per heavy atom. The van der Waals surface area contributed by atoms with Gasteiger partial charge in [-0.05, 0) is 6.92 Å². The first-order valence-corrected chi connectivity index (χ1v) is 4.11. The highest BCUT2D eigenvalue weighted by molar-refractivity contribution is 7.47. The van der Waals surface area contributed by atoms with Crippen molar-refractivity contribution in [1.82, 2.24) is 0 Å². The maximum absolute atomic E-state index is 10.5. The molecule has 8 heteroatoms. The van der Waals surface area contributed by atoms with Crippen molar-refractivity contribution in [3.63, 3.8) is 0 Å². The monoisotopic (exact) mass is 188 g/mol. The molecule has 4 N–H and O–H groups in total. The Morgan fingerprint density at radius 3 is 2.18 bits per heavy atom. The van der Waals surface area contributed by atoms with Gasteiger partial charge in [0.05, 0.1) is 6.61 Å². The van der Waals surface area contributed by atoms with Gasteiger partial charge in [-0.25, -0.2) is 9.09 Å². The first kappa shape index (κ1) is 11.0. The van der Waals surface area contributed by atoms with E-state index < -0.39 is 14.0 Å². The Hall–Kier alpha value is -0.0100. The number of hydrogen-bond acceptors (Lipinski definition) is 6. The average Bonchev–Trinajstić information content (AvgIpc) is 1.55. The Labute approximate surface area is 62.4 Å². The summed E-state index contributed by atoms with van der Waals surface area (Å²) < 4.78 is 17.9. The molecule has 0 fully saturated rings. The van der Waals surface area contributed by atoms with Gasteiger partial charge in [0.1, 0.15) is 0 Å². The standard InChI is InChI=1S/C3H9O7P/c1-2-9-11(7,8)10-3(4,5)6/h4-6H,2H2,1H3,(H,7,8). The zero-order valence-corrected chi connectivity index (χ0v) is 6.56. The molecule has 0 aliphatic rings. The van der Waals surface area contributed by atoms with E-state index in [1.54, 1.807) is 0 Å². The van der Waals surface area contributed by atoms with E-state index in [9.17, 15) is 4.57 Å². The second kappa shape index (κ2) is 3.59. The number of phosphoric ester groups is 1. The summed E-state index contributed by atoms with van der Waals surface area (Å²) in [6, 6.07) is 0. The minimum atomic E-state index is -4.56.